The van der Waals surface area contributed by atoms with Crippen LogP contribution in [0.15, 0.2) is 18.3 Å². The largest absolute Gasteiger partial charge is 0.339 e. The molecule has 202 valence electrons. The highest BCUT2D eigenvalue weighted by Gasteiger charge is 2.48. The third-order valence-corrected chi connectivity index (χ3v) is 7.29. The predicted molar refractivity (Wildman–Crippen MR) is 131 cm³/mol. The van der Waals surface area contributed by atoms with Gasteiger partial charge in [0, 0.05) is 16.8 Å². The molecule has 2 saturated carbocycles. The van der Waals surface area contributed by atoms with Crippen molar-refractivity contribution in [1.82, 2.24) is 35.5 Å². The molecule has 0 saturated heterocycles. The molecule has 1 atom stereocenters. The number of aromatic nitrogens is 6. The molecule has 2 aliphatic carbocycles. The van der Waals surface area contributed by atoms with Crippen LogP contribution >= 0.6 is 0 Å². The van der Waals surface area contributed by atoms with Gasteiger partial charge in [0.15, 0.2) is 0 Å². The van der Waals surface area contributed by atoms with Crippen molar-refractivity contribution in [3.05, 3.63) is 41.4 Å². The molecule has 2 fully saturated rings. The van der Waals surface area contributed by atoms with Crippen molar-refractivity contribution in [2.75, 3.05) is 18.7 Å². The lowest BCUT2D eigenvalue weighted by Gasteiger charge is -2.27. The molecule has 10 nitrogen and oxygen atoms in total. The monoisotopic (exact) mass is 530 g/mol. The van der Waals surface area contributed by atoms with Crippen molar-refractivity contribution < 1.29 is 22.8 Å². The number of aromatic amines is 1. The van der Waals surface area contributed by atoms with E-state index in [1.807, 2.05) is 0 Å². The fourth-order valence-corrected chi connectivity index (χ4v) is 5.13. The van der Waals surface area contributed by atoms with Gasteiger partial charge in [-0.2, -0.15) is 9.49 Å². The maximum atomic E-state index is 15.0. The van der Waals surface area contributed by atoms with Crippen LogP contribution in [0.25, 0.3) is 11.1 Å². The Hall–Kier alpha value is -3.77. The average Bonchev–Trinajstić information content (AvgIpc) is 3.83. The Morgan fingerprint density at radius 3 is 2.37 bits per heavy atom. The topological polar surface area (TPSA) is 130 Å². The van der Waals surface area contributed by atoms with E-state index < -0.39 is 43.2 Å². The molecule has 3 aromatic heterocycles. The minimum absolute atomic E-state index is 0.00118. The highest BCUT2D eigenvalue weighted by atomic mass is 19.1. The van der Waals surface area contributed by atoms with Crippen LogP contribution in [0.1, 0.15) is 53.6 Å². The fourth-order valence-electron chi connectivity index (χ4n) is 5.13. The Kier molecular flexibility index (Phi) is 7.17. The molecule has 13 heteroatoms. The third kappa shape index (κ3) is 5.14. The lowest BCUT2D eigenvalue weighted by Crippen LogP contribution is -2.50. The van der Waals surface area contributed by atoms with E-state index in [4.69, 9.17) is 0 Å². The number of hydrogen-bond acceptors (Lipinski definition) is 6. The van der Waals surface area contributed by atoms with Crippen LogP contribution < -0.4 is 10.6 Å². The maximum Gasteiger partial charge on any atom is 0.271 e. The minimum atomic E-state index is -1.29. The van der Waals surface area contributed by atoms with E-state index in [1.165, 1.54) is 12.1 Å². The van der Waals surface area contributed by atoms with Crippen molar-refractivity contribution >= 4 is 17.6 Å². The van der Waals surface area contributed by atoms with Gasteiger partial charge in [0.25, 0.3) is 5.91 Å². The quantitative estimate of drug-likeness (QED) is 0.326. The molecular formula is C25H29F3N8O2. The summed E-state index contributed by atoms with van der Waals surface area (Å²) in [6, 6.07) is 0.772. The van der Waals surface area contributed by atoms with Crippen LogP contribution in [-0.2, 0) is 4.79 Å². The summed E-state index contributed by atoms with van der Waals surface area (Å²) < 4.78 is 42.4. The standard InChI is InChI=1S/C25H29F3N8O2/c1-12-20(13(2)34-33-12)17-7-8-19(30-23(17)28)31-25(38)22(21(14-3-4-14)15-5-6-15)32-24(37)18-11-29-35-36(18)16(9-26)10-27/h7-8,11,14-16,21-22H,3-6,9-10H2,1-2H3,(H,32,37)(H,33,34)(H,30,31,38)/t22-/m0/s1. The molecule has 0 aromatic carbocycles. The van der Waals surface area contributed by atoms with Gasteiger partial charge < -0.3 is 10.6 Å². The summed E-state index contributed by atoms with van der Waals surface area (Å²) in [5.41, 5.74) is 2.02. The Morgan fingerprint density at radius 2 is 1.82 bits per heavy atom. The first-order valence-electron chi connectivity index (χ1n) is 12.6. The number of nitrogens with zero attached hydrogens (tertiary/aromatic N) is 5. The molecule has 3 aromatic rings. The fraction of sp³-hybridized carbons (Fsp3) is 0.520. The number of nitrogens with one attached hydrogen (secondary N) is 3. The van der Waals surface area contributed by atoms with Crippen LogP contribution in [-0.4, -0.2) is 61.4 Å². The second-order valence-corrected chi connectivity index (χ2v) is 10.1. The van der Waals surface area contributed by atoms with Crippen LogP contribution in [0.5, 0.6) is 0 Å². The zero-order valence-electron chi connectivity index (χ0n) is 21.0. The first-order valence-corrected chi connectivity index (χ1v) is 12.6. The van der Waals surface area contributed by atoms with Gasteiger partial charge >= 0.3 is 0 Å². The number of carbonyl (C=O) groups excluding carboxylic acids is 2. The van der Waals surface area contributed by atoms with Gasteiger partial charge in [-0.15, -0.1) is 5.10 Å². The van der Waals surface area contributed by atoms with Crippen LogP contribution in [0.4, 0.5) is 19.0 Å². The number of rotatable bonds is 11. The summed E-state index contributed by atoms with van der Waals surface area (Å²) in [5.74, 6) is -1.61. The highest BCUT2D eigenvalue weighted by Crippen LogP contribution is 2.51. The molecule has 3 heterocycles. The highest BCUT2D eigenvalue weighted by molar-refractivity contribution is 6.00. The van der Waals surface area contributed by atoms with Gasteiger partial charge in [-0.3, -0.25) is 14.7 Å². The van der Waals surface area contributed by atoms with E-state index in [2.05, 4.69) is 36.1 Å². The lowest BCUT2D eigenvalue weighted by molar-refractivity contribution is -0.119. The number of alkyl halides is 2. The molecule has 2 amide bonds. The Labute approximate surface area is 216 Å². The number of halogens is 3. The summed E-state index contributed by atoms with van der Waals surface area (Å²) >= 11 is 0. The minimum Gasteiger partial charge on any atom is -0.339 e. The predicted octanol–water partition coefficient (Wildman–Crippen LogP) is 3.47. The van der Waals surface area contributed by atoms with Gasteiger partial charge in [0.2, 0.25) is 11.9 Å². The van der Waals surface area contributed by atoms with Gasteiger partial charge in [-0.05, 0) is 69.4 Å². The molecule has 0 radical (unpaired) electrons. The lowest BCUT2D eigenvalue weighted by atomic mass is 9.88. The number of hydrogen-bond donors (Lipinski definition) is 3. The van der Waals surface area contributed by atoms with Crippen LogP contribution in [0.3, 0.4) is 0 Å². The van der Waals surface area contributed by atoms with Crippen LogP contribution in [0, 0.1) is 37.5 Å². The van der Waals surface area contributed by atoms with Gasteiger partial charge in [-0.1, -0.05) is 5.21 Å². The SMILES string of the molecule is Cc1n[nH]c(C)c1-c1ccc(NC(=O)[C@@H](NC(=O)c2cnnn2C(CF)CF)C(C2CC2)C2CC2)nc1F. The van der Waals surface area contributed by atoms with Crippen molar-refractivity contribution in [1.29, 1.82) is 0 Å². The summed E-state index contributed by atoms with van der Waals surface area (Å²) in [5, 5.41) is 19.6. The van der Waals surface area contributed by atoms with Crippen molar-refractivity contribution in [3.8, 4) is 11.1 Å². The second-order valence-electron chi connectivity index (χ2n) is 10.1. The van der Waals surface area contributed by atoms with E-state index in [9.17, 15) is 22.8 Å². The van der Waals surface area contributed by atoms with Crippen molar-refractivity contribution in [2.45, 2.75) is 51.6 Å². The smallest absolute Gasteiger partial charge is 0.271 e. The Bertz CT molecular complexity index is 1300. The number of carbonyl (C=O) groups is 2. The van der Waals surface area contributed by atoms with Crippen LogP contribution in [0.2, 0.25) is 0 Å². The zero-order valence-corrected chi connectivity index (χ0v) is 21.0. The first kappa shape index (κ1) is 25.9. The second kappa shape index (κ2) is 10.5. The average molecular weight is 531 g/mol. The van der Waals surface area contributed by atoms with Gasteiger partial charge in [0.05, 0.1) is 11.9 Å². The normalized spacial score (nSPS) is 16.2. The molecule has 0 unspecified atom stereocenters. The third-order valence-electron chi connectivity index (χ3n) is 7.29. The summed E-state index contributed by atoms with van der Waals surface area (Å²) in [6.45, 7) is 1.39. The number of pyridine rings is 1. The molecule has 0 spiro atoms. The van der Waals surface area contributed by atoms with E-state index in [0.717, 1.165) is 36.6 Å². The molecule has 3 N–H and O–H groups in total. The molecule has 0 aliphatic heterocycles. The van der Waals surface area contributed by atoms with E-state index >= 15 is 0 Å². The first-order chi connectivity index (χ1) is 18.3. The number of aryl methyl sites for hydroxylation is 2. The summed E-state index contributed by atoms with van der Waals surface area (Å²) in [6.07, 6.45) is 4.88. The molecule has 38 heavy (non-hydrogen) atoms. The molecule has 2 aliphatic rings. The Balaban J connectivity index is 1.39. The maximum absolute atomic E-state index is 15.0. The Morgan fingerprint density at radius 1 is 1.13 bits per heavy atom. The van der Waals surface area contributed by atoms with E-state index in [1.54, 1.807) is 13.8 Å². The number of amides is 2. The molecule has 5 rings (SSSR count). The number of H-pyrrole nitrogens is 1. The molecular weight excluding hydrogens is 501 g/mol. The number of anilines is 1. The van der Waals surface area contributed by atoms with E-state index in [0.29, 0.717) is 17.0 Å². The van der Waals surface area contributed by atoms with E-state index in [-0.39, 0.29) is 34.8 Å². The zero-order chi connectivity index (χ0) is 27.0. The van der Waals surface area contributed by atoms with Gasteiger partial charge in [0.1, 0.15) is 36.9 Å². The van der Waals surface area contributed by atoms with Crippen molar-refractivity contribution in [3.63, 3.8) is 0 Å². The van der Waals surface area contributed by atoms with Gasteiger partial charge in [-0.25, -0.2) is 18.4 Å². The molecule has 0 bridgehead atoms. The van der Waals surface area contributed by atoms with Crippen molar-refractivity contribution in [2.24, 2.45) is 17.8 Å². The summed E-state index contributed by atoms with van der Waals surface area (Å²) in [4.78, 5) is 30.7. The summed E-state index contributed by atoms with van der Waals surface area (Å²) in [7, 11) is 0.